The van der Waals surface area contributed by atoms with Crippen molar-refractivity contribution in [1.29, 1.82) is 0 Å². The quantitative estimate of drug-likeness (QED) is 0.499. The van der Waals surface area contributed by atoms with Crippen molar-refractivity contribution in [3.63, 3.8) is 0 Å². The fourth-order valence-corrected chi connectivity index (χ4v) is 4.60. The van der Waals surface area contributed by atoms with E-state index >= 15 is 0 Å². The zero-order valence-electron chi connectivity index (χ0n) is 16.6. The van der Waals surface area contributed by atoms with Crippen molar-refractivity contribution in [2.45, 2.75) is 19.3 Å². The summed E-state index contributed by atoms with van der Waals surface area (Å²) in [6.45, 7) is 8.31. The van der Waals surface area contributed by atoms with E-state index in [4.69, 9.17) is 0 Å². The van der Waals surface area contributed by atoms with Crippen molar-refractivity contribution < 1.29 is 0 Å². The highest BCUT2D eigenvalue weighted by Crippen LogP contribution is 2.57. The minimum absolute atomic E-state index is 0.348. The maximum absolute atomic E-state index is 4.01. The molecule has 0 aliphatic heterocycles. The Morgan fingerprint density at radius 1 is 0.964 bits per heavy atom. The van der Waals surface area contributed by atoms with Crippen LogP contribution in [-0.2, 0) is 5.41 Å². The second-order valence-electron chi connectivity index (χ2n) is 7.42. The second-order valence-corrected chi connectivity index (χ2v) is 7.42. The normalized spacial score (nSPS) is 19.9. The molecule has 0 amide bonds. The van der Waals surface area contributed by atoms with Gasteiger partial charge in [-0.1, -0.05) is 117 Å². The molecule has 2 aliphatic rings. The molecule has 0 saturated heterocycles. The van der Waals surface area contributed by atoms with E-state index in [-0.39, 0.29) is 5.41 Å². The van der Waals surface area contributed by atoms with Gasteiger partial charge in [0.25, 0.3) is 0 Å². The van der Waals surface area contributed by atoms with Crippen LogP contribution in [0.5, 0.6) is 0 Å². The van der Waals surface area contributed by atoms with E-state index < -0.39 is 0 Å². The maximum atomic E-state index is 4.01. The zero-order chi connectivity index (χ0) is 19.6. The lowest BCUT2D eigenvalue weighted by molar-refractivity contribution is 0.764. The van der Waals surface area contributed by atoms with Gasteiger partial charge in [0.15, 0.2) is 0 Å². The first-order chi connectivity index (χ1) is 13.7. The van der Waals surface area contributed by atoms with Gasteiger partial charge >= 0.3 is 0 Å². The summed E-state index contributed by atoms with van der Waals surface area (Å²) in [5.74, 6) is 0.422. The van der Waals surface area contributed by atoms with Gasteiger partial charge in [-0.05, 0) is 46.2 Å². The van der Waals surface area contributed by atoms with Crippen molar-refractivity contribution in [2.75, 3.05) is 0 Å². The van der Waals surface area contributed by atoms with Gasteiger partial charge < -0.3 is 0 Å². The molecule has 0 radical (unpaired) electrons. The van der Waals surface area contributed by atoms with Crippen LogP contribution < -0.4 is 0 Å². The number of allylic oxidation sites excluding steroid dienone is 11. The van der Waals surface area contributed by atoms with Gasteiger partial charge in [0.05, 0.1) is 5.41 Å². The largest absolute Gasteiger partial charge is 0.0991 e. The number of hydrogen-bond donors (Lipinski definition) is 0. The summed E-state index contributed by atoms with van der Waals surface area (Å²) in [7, 11) is 0. The van der Waals surface area contributed by atoms with E-state index in [1.54, 1.807) is 0 Å². The molecule has 0 saturated carbocycles. The average Bonchev–Trinajstić information content (AvgIpc) is 2.83. The van der Waals surface area contributed by atoms with E-state index in [1.807, 2.05) is 6.08 Å². The molecule has 0 fully saturated rings. The zero-order valence-corrected chi connectivity index (χ0v) is 16.6. The number of rotatable bonds is 4. The first-order valence-corrected chi connectivity index (χ1v) is 9.96. The predicted octanol–water partition coefficient (Wildman–Crippen LogP) is 7.33. The SMILES string of the molecule is C=C/C=C(\C=C/C)C1(C2=CC=CC(C)C=C2)c2ccccc2-c2ccccc21. The Labute approximate surface area is 168 Å². The van der Waals surface area contributed by atoms with Gasteiger partial charge in [-0.3, -0.25) is 0 Å². The standard InChI is InChI=1S/C28H26/c1-4-11-22(12-5-2)28(23-14-10-13-21(3)19-20-23)26-17-8-6-15-24(26)25-16-7-9-18-27(25)28/h4-21H,1H2,2-3H3/b12-5-,22-11+. The summed E-state index contributed by atoms with van der Waals surface area (Å²) in [5.41, 5.74) is 7.47. The third-order valence-electron chi connectivity index (χ3n) is 5.73. The van der Waals surface area contributed by atoms with Gasteiger partial charge in [0.2, 0.25) is 0 Å². The van der Waals surface area contributed by atoms with Crippen LogP contribution in [0.4, 0.5) is 0 Å². The van der Waals surface area contributed by atoms with Crippen LogP contribution in [0.1, 0.15) is 25.0 Å². The molecule has 0 nitrogen and oxygen atoms in total. The van der Waals surface area contributed by atoms with Crippen molar-refractivity contribution in [2.24, 2.45) is 5.92 Å². The predicted molar refractivity (Wildman–Crippen MR) is 121 cm³/mol. The van der Waals surface area contributed by atoms with Crippen LogP contribution in [0, 0.1) is 5.92 Å². The summed E-state index contributed by atoms with van der Waals surface area (Å²) in [6.07, 6.45) is 19.7. The van der Waals surface area contributed by atoms with E-state index in [9.17, 15) is 0 Å². The first kappa shape index (κ1) is 18.3. The Kier molecular flexibility index (Phi) is 4.88. The van der Waals surface area contributed by atoms with Gasteiger partial charge in [0, 0.05) is 0 Å². The van der Waals surface area contributed by atoms with Gasteiger partial charge in [0.1, 0.15) is 0 Å². The molecule has 2 aliphatic carbocycles. The third kappa shape index (κ3) is 2.68. The lowest BCUT2D eigenvalue weighted by Gasteiger charge is -2.35. The molecule has 28 heavy (non-hydrogen) atoms. The molecular formula is C28H26. The molecule has 0 heterocycles. The van der Waals surface area contributed by atoms with Crippen LogP contribution in [-0.4, -0.2) is 0 Å². The molecule has 138 valence electrons. The van der Waals surface area contributed by atoms with Crippen LogP contribution >= 0.6 is 0 Å². The summed E-state index contributed by atoms with van der Waals surface area (Å²) >= 11 is 0. The minimum atomic E-state index is -0.348. The Bertz CT molecular complexity index is 1010. The van der Waals surface area contributed by atoms with Crippen molar-refractivity contribution in [3.8, 4) is 11.1 Å². The average molecular weight is 363 g/mol. The van der Waals surface area contributed by atoms with Gasteiger partial charge in [-0.15, -0.1) is 0 Å². The fraction of sp³-hybridized carbons (Fsp3) is 0.143. The number of benzene rings is 2. The van der Waals surface area contributed by atoms with Crippen molar-refractivity contribution in [3.05, 3.63) is 132 Å². The first-order valence-electron chi connectivity index (χ1n) is 9.96. The van der Waals surface area contributed by atoms with E-state index in [0.29, 0.717) is 5.92 Å². The lowest BCUT2D eigenvalue weighted by Crippen LogP contribution is -2.29. The van der Waals surface area contributed by atoms with Crippen LogP contribution in [0.15, 0.2) is 121 Å². The maximum Gasteiger partial charge on any atom is 0.0713 e. The van der Waals surface area contributed by atoms with E-state index in [0.717, 1.165) is 0 Å². The van der Waals surface area contributed by atoms with E-state index in [1.165, 1.54) is 33.4 Å². The molecule has 2 aromatic carbocycles. The van der Waals surface area contributed by atoms with Crippen molar-refractivity contribution in [1.82, 2.24) is 0 Å². The molecule has 0 bridgehead atoms. The molecule has 0 spiro atoms. The summed E-state index contributed by atoms with van der Waals surface area (Å²) < 4.78 is 0. The summed E-state index contributed by atoms with van der Waals surface area (Å²) in [6, 6.07) is 17.6. The molecule has 4 rings (SSSR count). The van der Waals surface area contributed by atoms with Gasteiger partial charge in [-0.2, -0.15) is 0 Å². The van der Waals surface area contributed by atoms with Crippen molar-refractivity contribution >= 4 is 0 Å². The summed E-state index contributed by atoms with van der Waals surface area (Å²) in [4.78, 5) is 0. The Hall–Kier alpha value is -3.12. The minimum Gasteiger partial charge on any atom is -0.0991 e. The van der Waals surface area contributed by atoms with Crippen LogP contribution in [0.3, 0.4) is 0 Å². The molecule has 0 aromatic heterocycles. The lowest BCUT2D eigenvalue weighted by atomic mass is 9.66. The highest BCUT2D eigenvalue weighted by atomic mass is 14.5. The second kappa shape index (κ2) is 7.48. The van der Waals surface area contributed by atoms with Gasteiger partial charge in [-0.25, -0.2) is 0 Å². The Morgan fingerprint density at radius 3 is 2.21 bits per heavy atom. The highest BCUT2D eigenvalue weighted by molar-refractivity contribution is 5.87. The summed E-state index contributed by atoms with van der Waals surface area (Å²) in [5, 5.41) is 0. The Morgan fingerprint density at radius 2 is 1.61 bits per heavy atom. The molecule has 0 heteroatoms. The molecular weight excluding hydrogens is 336 g/mol. The monoisotopic (exact) mass is 362 g/mol. The Balaban J connectivity index is 2.15. The molecule has 2 aromatic rings. The molecule has 0 N–H and O–H groups in total. The number of fused-ring (bicyclic) bond motifs is 3. The topological polar surface area (TPSA) is 0 Å². The molecule has 1 unspecified atom stereocenters. The third-order valence-corrected chi connectivity index (χ3v) is 5.73. The van der Waals surface area contributed by atoms with E-state index in [2.05, 4.69) is 118 Å². The molecule has 1 atom stereocenters. The smallest absolute Gasteiger partial charge is 0.0713 e. The van der Waals surface area contributed by atoms with Crippen LogP contribution in [0.2, 0.25) is 0 Å². The fourth-order valence-electron chi connectivity index (χ4n) is 4.60. The highest BCUT2D eigenvalue weighted by Gasteiger charge is 2.46. The number of hydrogen-bond acceptors (Lipinski definition) is 0. The van der Waals surface area contributed by atoms with Crippen LogP contribution in [0.25, 0.3) is 11.1 Å².